The number of aromatic nitrogens is 2. The lowest BCUT2D eigenvalue weighted by molar-refractivity contribution is -0.138. The van der Waals surface area contributed by atoms with Gasteiger partial charge in [-0.15, -0.1) is 6.58 Å². The van der Waals surface area contributed by atoms with Gasteiger partial charge in [0.1, 0.15) is 5.82 Å². The summed E-state index contributed by atoms with van der Waals surface area (Å²) in [6.07, 6.45) is 10.00. The van der Waals surface area contributed by atoms with Crippen LogP contribution in [0.15, 0.2) is 79.6 Å². The van der Waals surface area contributed by atoms with Gasteiger partial charge in [-0.25, -0.2) is 4.98 Å². The molecular formula is C31H37N5O2. The third-order valence-corrected chi connectivity index (χ3v) is 8.00. The van der Waals surface area contributed by atoms with Crippen LogP contribution < -0.4 is 10.6 Å². The van der Waals surface area contributed by atoms with Crippen molar-refractivity contribution in [1.29, 1.82) is 0 Å². The van der Waals surface area contributed by atoms with E-state index in [2.05, 4.69) is 50.3 Å². The molecule has 198 valence electrons. The normalized spacial score (nSPS) is 25.6. The van der Waals surface area contributed by atoms with Gasteiger partial charge in [0.25, 0.3) is 5.91 Å². The zero-order valence-electron chi connectivity index (χ0n) is 22.0. The average Bonchev–Trinajstić information content (AvgIpc) is 3.65. The Hall–Kier alpha value is -3.87. The van der Waals surface area contributed by atoms with Crippen LogP contribution in [-0.4, -0.2) is 39.3 Å². The number of benzene rings is 2. The van der Waals surface area contributed by atoms with E-state index in [4.69, 9.17) is 0 Å². The van der Waals surface area contributed by atoms with Crippen LogP contribution in [0.2, 0.25) is 0 Å². The molecular weight excluding hydrogens is 474 g/mol. The van der Waals surface area contributed by atoms with E-state index in [1.807, 2.05) is 49.5 Å². The zero-order chi connectivity index (χ0) is 26.5. The van der Waals surface area contributed by atoms with Crippen molar-refractivity contribution in [2.24, 2.45) is 11.8 Å². The Morgan fingerprint density at radius 1 is 1.05 bits per heavy atom. The lowest BCUT2D eigenvalue weighted by atomic mass is 9.80. The van der Waals surface area contributed by atoms with E-state index in [9.17, 15) is 9.59 Å². The van der Waals surface area contributed by atoms with Crippen molar-refractivity contribution in [2.75, 3.05) is 11.9 Å². The van der Waals surface area contributed by atoms with E-state index in [-0.39, 0.29) is 41.8 Å². The van der Waals surface area contributed by atoms with Gasteiger partial charge in [0.05, 0.1) is 18.0 Å². The maximum Gasteiger partial charge on any atom is 0.251 e. The van der Waals surface area contributed by atoms with Gasteiger partial charge in [-0.1, -0.05) is 55.3 Å². The van der Waals surface area contributed by atoms with Crippen molar-refractivity contribution in [2.45, 2.75) is 57.2 Å². The highest BCUT2D eigenvalue weighted by molar-refractivity contribution is 5.94. The summed E-state index contributed by atoms with van der Waals surface area (Å²) in [4.78, 5) is 36.9. The number of rotatable bonds is 4. The molecule has 3 aliphatic rings. The van der Waals surface area contributed by atoms with Gasteiger partial charge < -0.3 is 20.5 Å². The fraction of sp³-hybridized carbons (Fsp3) is 0.387. The molecule has 0 radical (unpaired) electrons. The highest BCUT2D eigenvalue weighted by Gasteiger charge is 2.49. The molecule has 1 saturated heterocycles. The molecule has 2 amide bonds. The van der Waals surface area contributed by atoms with Crippen LogP contribution in [0.25, 0.3) is 0 Å². The fourth-order valence-corrected chi connectivity index (χ4v) is 6.34. The lowest BCUT2D eigenvalue weighted by Crippen LogP contribution is -2.50. The van der Waals surface area contributed by atoms with Gasteiger partial charge in [-0.3, -0.25) is 9.59 Å². The number of hydrogen-bond acceptors (Lipinski definition) is 4. The van der Waals surface area contributed by atoms with E-state index in [0.29, 0.717) is 5.56 Å². The summed E-state index contributed by atoms with van der Waals surface area (Å²) in [6.45, 7) is 5.97. The number of allylic oxidation sites excluding steroid dienone is 1. The number of anilines is 1. The second-order valence-corrected chi connectivity index (χ2v) is 10.4. The lowest BCUT2D eigenvalue weighted by Gasteiger charge is -2.41. The van der Waals surface area contributed by atoms with E-state index >= 15 is 0 Å². The number of H-pyrrole nitrogens is 1. The van der Waals surface area contributed by atoms with Crippen LogP contribution in [0.4, 0.5) is 5.69 Å². The number of para-hydroxylation sites is 1. The quantitative estimate of drug-likeness (QED) is 0.395. The van der Waals surface area contributed by atoms with Gasteiger partial charge in [0.2, 0.25) is 5.91 Å². The summed E-state index contributed by atoms with van der Waals surface area (Å²) in [5.74, 6) is 1.03. The van der Waals surface area contributed by atoms with Crippen molar-refractivity contribution in [3.63, 3.8) is 0 Å². The van der Waals surface area contributed by atoms with Gasteiger partial charge in [-0.2, -0.15) is 0 Å². The highest BCUT2D eigenvalue weighted by atomic mass is 16.2. The molecule has 1 aromatic heterocycles. The van der Waals surface area contributed by atoms with Crippen molar-refractivity contribution >= 4 is 17.5 Å². The van der Waals surface area contributed by atoms with Crippen LogP contribution in [-0.2, 0) is 4.79 Å². The molecule has 38 heavy (non-hydrogen) atoms. The molecule has 3 unspecified atom stereocenters. The standard InChI is InChI=1S/C28H31N5O2.C3H6/c34-27(18-8-2-1-3-9-18)32-23-13-7-5-11-20(23)28(35)33-17-14-21-24(26-29-15-16-30-26)31-22-12-6-4-10-19(22)25(21)33;1-3-2/h1-4,6,8-10,12,15-16,20-21,23-25,31H,5,7,11,13-14,17H2,(H,29,30)(H,32,34);3H,1H2,2H3/t20-,21?,23+,24?,25?;/m0./s1. The number of hydrogen-bond donors (Lipinski definition) is 3. The Morgan fingerprint density at radius 3 is 2.55 bits per heavy atom. The Morgan fingerprint density at radius 2 is 1.79 bits per heavy atom. The first-order chi connectivity index (χ1) is 18.6. The maximum atomic E-state index is 14.1. The van der Waals surface area contributed by atoms with E-state index in [1.54, 1.807) is 12.3 Å². The molecule has 2 aromatic carbocycles. The monoisotopic (exact) mass is 511 g/mol. The van der Waals surface area contributed by atoms with Crippen molar-refractivity contribution in [1.82, 2.24) is 20.2 Å². The van der Waals surface area contributed by atoms with Gasteiger partial charge in [0.15, 0.2) is 0 Å². The van der Waals surface area contributed by atoms with Gasteiger partial charge in [-0.05, 0) is 49.9 Å². The number of imidazole rings is 1. The highest BCUT2D eigenvalue weighted by Crippen LogP contribution is 2.51. The molecule has 7 heteroatoms. The predicted octanol–water partition coefficient (Wildman–Crippen LogP) is 5.65. The summed E-state index contributed by atoms with van der Waals surface area (Å²) in [5, 5.41) is 6.87. The molecule has 3 N–H and O–H groups in total. The van der Waals surface area contributed by atoms with E-state index in [0.717, 1.165) is 50.2 Å². The molecule has 2 fully saturated rings. The number of likely N-dealkylation sites (tertiary alicyclic amines) is 1. The number of fused-ring (bicyclic) bond motifs is 3. The molecule has 0 spiro atoms. The maximum absolute atomic E-state index is 14.1. The number of amides is 2. The second-order valence-electron chi connectivity index (χ2n) is 10.4. The van der Waals surface area contributed by atoms with Gasteiger partial charge >= 0.3 is 0 Å². The average molecular weight is 512 g/mol. The summed E-state index contributed by atoms with van der Waals surface area (Å²) in [6, 6.07) is 17.5. The summed E-state index contributed by atoms with van der Waals surface area (Å²) in [7, 11) is 0. The first-order valence-electron chi connectivity index (χ1n) is 13.7. The number of aromatic amines is 1. The molecule has 2 aliphatic heterocycles. The van der Waals surface area contributed by atoms with Crippen LogP contribution >= 0.6 is 0 Å². The second kappa shape index (κ2) is 11.7. The molecule has 1 saturated carbocycles. The minimum absolute atomic E-state index is 0.00227. The molecule has 1 aliphatic carbocycles. The Labute approximate surface area is 224 Å². The Kier molecular flexibility index (Phi) is 7.91. The summed E-state index contributed by atoms with van der Waals surface area (Å²) < 4.78 is 0. The number of nitrogens with zero attached hydrogens (tertiary/aromatic N) is 2. The van der Waals surface area contributed by atoms with Crippen molar-refractivity contribution < 1.29 is 9.59 Å². The number of nitrogens with one attached hydrogen (secondary N) is 3. The van der Waals surface area contributed by atoms with E-state index in [1.165, 1.54) is 5.56 Å². The van der Waals surface area contributed by atoms with E-state index < -0.39 is 0 Å². The molecule has 5 atom stereocenters. The molecule has 6 rings (SSSR count). The summed E-state index contributed by atoms with van der Waals surface area (Å²) >= 11 is 0. The third kappa shape index (κ3) is 5.10. The molecule has 7 nitrogen and oxygen atoms in total. The molecule has 0 bridgehead atoms. The Balaban J connectivity index is 0.000000937. The Bertz CT molecular complexity index is 1240. The largest absolute Gasteiger partial charge is 0.375 e. The third-order valence-electron chi connectivity index (χ3n) is 8.00. The number of carbonyl (C=O) groups excluding carboxylic acids is 2. The fourth-order valence-electron chi connectivity index (χ4n) is 6.34. The minimum Gasteiger partial charge on any atom is -0.375 e. The van der Waals surface area contributed by atoms with Crippen LogP contribution in [0.5, 0.6) is 0 Å². The topological polar surface area (TPSA) is 90.1 Å². The minimum atomic E-state index is -0.195. The van der Waals surface area contributed by atoms with Gasteiger partial charge in [0, 0.05) is 42.1 Å². The number of carbonyl (C=O) groups is 2. The van der Waals surface area contributed by atoms with Crippen LogP contribution in [0, 0.1) is 11.8 Å². The smallest absolute Gasteiger partial charge is 0.251 e. The first kappa shape index (κ1) is 25.8. The molecule has 3 heterocycles. The predicted molar refractivity (Wildman–Crippen MR) is 149 cm³/mol. The van der Waals surface area contributed by atoms with Crippen molar-refractivity contribution in [3.05, 3.63) is 96.6 Å². The molecule has 3 aromatic rings. The summed E-state index contributed by atoms with van der Waals surface area (Å²) in [5.41, 5.74) is 2.87. The van der Waals surface area contributed by atoms with Crippen molar-refractivity contribution in [3.8, 4) is 0 Å². The first-order valence-corrected chi connectivity index (χ1v) is 13.7. The SMILES string of the molecule is C=CC.O=C(N[C@@H]1CCCC[C@@H]1C(=O)N1CCC2C(c3ncc[nH]3)Nc3ccccc3C21)c1ccccc1. The zero-order valence-corrected chi connectivity index (χ0v) is 22.0. The van der Waals surface area contributed by atoms with Crippen LogP contribution in [0.1, 0.15) is 72.9 Å². The van der Waals surface area contributed by atoms with Crippen LogP contribution in [0.3, 0.4) is 0 Å².